The highest BCUT2D eigenvalue weighted by molar-refractivity contribution is 5.79. The van der Waals surface area contributed by atoms with Crippen LogP contribution in [-0.2, 0) is 19.4 Å². The van der Waals surface area contributed by atoms with Gasteiger partial charge in [-0.05, 0) is 32.4 Å². The van der Waals surface area contributed by atoms with Gasteiger partial charge in [0.2, 0.25) is 0 Å². The molecule has 2 heterocycles. The summed E-state index contributed by atoms with van der Waals surface area (Å²) in [6.07, 6.45) is 5.67. The zero-order chi connectivity index (χ0) is 17.4. The first-order valence-corrected chi connectivity index (χ1v) is 9.38. The lowest BCUT2D eigenvalue weighted by Gasteiger charge is -2.35. The highest BCUT2D eigenvalue weighted by Crippen LogP contribution is 2.16. The van der Waals surface area contributed by atoms with Crippen molar-refractivity contribution in [3.05, 3.63) is 17.0 Å². The Balaban J connectivity index is 1.87. The molecule has 1 saturated heterocycles. The minimum Gasteiger partial charge on any atom is -0.361 e. The molecule has 1 aromatic heterocycles. The van der Waals surface area contributed by atoms with Crippen LogP contribution in [0, 0.1) is 0 Å². The van der Waals surface area contributed by atoms with Crippen molar-refractivity contribution in [2.75, 3.05) is 26.7 Å². The van der Waals surface area contributed by atoms with E-state index in [0.717, 1.165) is 43.3 Å². The van der Waals surface area contributed by atoms with Crippen molar-refractivity contribution >= 4 is 5.96 Å². The molecule has 2 N–H and O–H groups in total. The van der Waals surface area contributed by atoms with E-state index in [4.69, 9.17) is 4.52 Å². The van der Waals surface area contributed by atoms with Crippen molar-refractivity contribution < 1.29 is 4.52 Å². The Bertz CT molecular complexity index is 504. The Morgan fingerprint density at radius 2 is 2.08 bits per heavy atom. The molecule has 0 saturated carbocycles. The lowest BCUT2D eigenvalue weighted by atomic mass is 10.0. The topological polar surface area (TPSA) is 65.7 Å². The molecule has 24 heavy (non-hydrogen) atoms. The molecule has 136 valence electrons. The second-order valence-corrected chi connectivity index (χ2v) is 6.32. The second kappa shape index (κ2) is 9.67. The third-order valence-electron chi connectivity index (χ3n) is 4.92. The number of nitrogens with zero attached hydrogens (tertiary/aromatic N) is 3. The van der Waals surface area contributed by atoms with Crippen LogP contribution in [0.5, 0.6) is 0 Å². The van der Waals surface area contributed by atoms with Crippen LogP contribution in [0.2, 0.25) is 0 Å². The van der Waals surface area contributed by atoms with Crippen LogP contribution in [0.4, 0.5) is 0 Å². The van der Waals surface area contributed by atoms with E-state index in [2.05, 4.69) is 46.5 Å². The Kier molecular flexibility index (Phi) is 7.56. The molecule has 1 aromatic rings. The van der Waals surface area contributed by atoms with E-state index in [0.29, 0.717) is 12.6 Å². The summed E-state index contributed by atoms with van der Waals surface area (Å²) in [5.74, 6) is 1.82. The van der Waals surface area contributed by atoms with Crippen LogP contribution < -0.4 is 10.6 Å². The first-order valence-electron chi connectivity index (χ1n) is 9.38. The lowest BCUT2D eigenvalue weighted by Crippen LogP contribution is -2.48. The van der Waals surface area contributed by atoms with E-state index in [1.165, 1.54) is 31.4 Å². The molecule has 0 spiro atoms. The van der Waals surface area contributed by atoms with Gasteiger partial charge in [0.15, 0.2) is 5.96 Å². The molecule has 0 amide bonds. The van der Waals surface area contributed by atoms with E-state index in [1.54, 1.807) is 0 Å². The molecule has 6 nitrogen and oxygen atoms in total. The van der Waals surface area contributed by atoms with Gasteiger partial charge in [-0.1, -0.05) is 32.3 Å². The Labute approximate surface area is 146 Å². The number of hydrogen-bond donors (Lipinski definition) is 2. The molecule has 1 fully saturated rings. The smallest absolute Gasteiger partial charge is 0.191 e. The predicted octanol–water partition coefficient (Wildman–Crippen LogP) is 2.34. The molecule has 1 aliphatic rings. The normalized spacial score (nSPS) is 19.5. The summed E-state index contributed by atoms with van der Waals surface area (Å²) in [6, 6.07) is 0.607. The summed E-state index contributed by atoms with van der Waals surface area (Å²) in [6.45, 7) is 10.4. The number of rotatable bonds is 7. The molecular formula is C18H33N5O. The molecule has 6 heteroatoms. The van der Waals surface area contributed by atoms with Gasteiger partial charge in [-0.25, -0.2) is 0 Å². The van der Waals surface area contributed by atoms with Crippen LogP contribution >= 0.6 is 0 Å². The molecule has 1 aliphatic heterocycles. The molecule has 0 bridgehead atoms. The third kappa shape index (κ3) is 4.72. The largest absolute Gasteiger partial charge is 0.361 e. The molecule has 1 atom stereocenters. The quantitative estimate of drug-likeness (QED) is 0.591. The Morgan fingerprint density at radius 1 is 1.25 bits per heavy atom. The fourth-order valence-electron chi connectivity index (χ4n) is 3.45. The maximum Gasteiger partial charge on any atom is 0.191 e. The van der Waals surface area contributed by atoms with Crippen LogP contribution in [0.3, 0.4) is 0 Å². The van der Waals surface area contributed by atoms with Gasteiger partial charge >= 0.3 is 0 Å². The van der Waals surface area contributed by atoms with Gasteiger partial charge in [0.05, 0.1) is 5.69 Å². The van der Waals surface area contributed by atoms with Gasteiger partial charge in [0, 0.05) is 38.2 Å². The number of nitrogens with one attached hydrogen (secondary N) is 2. The summed E-state index contributed by atoms with van der Waals surface area (Å²) in [5, 5.41) is 11.1. The molecule has 0 radical (unpaired) electrons. The number of aromatic nitrogens is 1. The number of aliphatic imine (C=N–C) groups is 1. The maximum atomic E-state index is 5.43. The van der Waals surface area contributed by atoms with Gasteiger partial charge in [0.1, 0.15) is 5.76 Å². The number of piperidine rings is 1. The fourth-order valence-corrected chi connectivity index (χ4v) is 3.45. The highest BCUT2D eigenvalue weighted by atomic mass is 16.5. The lowest BCUT2D eigenvalue weighted by molar-refractivity contribution is 0.157. The van der Waals surface area contributed by atoms with Crippen LogP contribution in [0.25, 0.3) is 0 Å². The van der Waals surface area contributed by atoms with Gasteiger partial charge in [-0.3, -0.25) is 9.89 Å². The van der Waals surface area contributed by atoms with Crippen LogP contribution in [-0.4, -0.2) is 48.7 Å². The first kappa shape index (κ1) is 18.8. The average molecular weight is 335 g/mol. The van der Waals surface area contributed by atoms with Crippen LogP contribution in [0.15, 0.2) is 9.52 Å². The molecule has 2 rings (SSSR count). The Morgan fingerprint density at radius 3 is 2.75 bits per heavy atom. The average Bonchev–Trinajstić information content (AvgIpc) is 3.04. The summed E-state index contributed by atoms with van der Waals surface area (Å²) >= 11 is 0. The number of guanidine groups is 1. The zero-order valence-electron chi connectivity index (χ0n) is 15.7. The van der Waals surface area contributed by atoms with Crippen molar-refractivity contribution in [3.8, 4) is 0 Å². The number of hydrogen-bond acceptors (Lipinski definition) is 4. The fraction of sp³-hybridized carbons (Fsp3) is 0.778. The van der Waals surface area contributed by atoms with Crippen molar-refractivity contribution in [2.24, 2.45) is 4.99 Å². The van der Waals surface area contributed by atoms with E-state index in [9.17, 15) is 0 Å². The van der Waals surface area contributed by atoms with Crippen molar-refractivity contribution in [1.29, 1.82) is 0 Å². The Hall–Kier alpha value is -1.56. The summed E-state index contributed by atoms with van der Waals surface area (Å²) < 4.78 is 5.43. The molecular weight excluding hydrogens is 302 g/mol. The summed E-state index contributed by atoms with van der Waals surface area (Å²) in [5.41, 5.74) is 2.22. The van der Waals surface area contributed by atoms with Crippen molar-refractivity contribution in [1.82, 2.24) is 20.7 Å². The minimum atomic E-state index is 0.607. The molecule has 0 aromatic carbocycles. The molecule has 1 unspecified atom stereocenters. The standard InChI is InChI=1S/C18H33N5O/c1-5-16-15(17(6-2)24-22-16)13-21-18(19-4)20-12-14-10-8-9-11-23(14)7-3/h14H,5-13H2,1-4H3,(H2,19,20,21). The highest BCUT2D eigenvalue weighted by Gasteiger charge is 2.21. The molecule has 0 aliphatic carbocycles. The number of aryl methyl sites for hydroxylation is 2. The first-order chi connectivity index (χ1) is 11.7. The van der Waals surface area contributed by atoms with E-state index in [-0.39, 0.29) is 0 Å². The van der Waals surface area contributed by atoms with Crippen molar-refractivity contribution in [3.63, 3.8) is 0 Å². The second-order valence-electron chi connectivity index (χ2n) is 6.32. The summed E-state index contributed by atoms with van der Waals surface area (Å²) in [4.78, 5) is 6.92. The van der Waals surface area contributed by atoms with Crippen molar-refractivity contribution in [2.45, 2.75) is 65.5 Å². The van der Waals surface area contributed by atoms with Gasteiger partial charge in [-0.15, -0.1) is 0 Å². The third-order valence-corrected chi connectivity index (χ3v) is 4.92. The minimum absolute atomic E-state index is 0.607. The SMILES string of the molecule is CCc1noc(CC)c1CNC(=NC)NCC1CCCCN1CC. The van der Waals surface area contributed by atoms with Gasteiger partial charge in [-0.2, -0.15) is 0 Å². The van der Waals surface area contributed by atoms with Gasteiger partial charge in [0.25, 0.3) is 0 Å². The number of likely N-dealkylation sites (N-methyl/N-ethyl adjacent to an activating group) is 1. The van der Waals surface area contributed by atoms with E-state index < -0.39 is 0 Å². The monoisotopic (exact) mass is 335 g/mol. The zero-order valence-corrected chi connectivity index (χ0v) is 15.7. The van der Waals surface area contributed by atoms with E-state index in [1.807, 2.05) is 7.05 Å². The van der Waals surface area contributed by atoms with E-state index >= 15 is 0 Å². The maximum absolute atomic E-state index is 5.43. The number of likely N-dealkylation sites (tertiary alicyclic amines) is 1. The van der Waals surface area contributed by atoms with Crippen LogP contribution in [0.1, 0.15) is 57.1 Å². The predicted molar refractivity (Wildman–Crippen MR) is 98.3 cm³/mol. The van der Waals surface area contributed by atoms with Gasteiger partial charge < -0.3 is 15.2 Å². The summed E-state index contributed by atoms with van der Waals surface area (Å²) in [7, 11) is 1.82.